The van der Waals surface area contributed by atoms with Crippen molar-refractivity contribution in [2.24, 2.45) is 5.10 Å². The van der Waals surface area contributed by atoms with Gasteiger partial charge in [0.05, 0.1) is 5.69 Å². The van der Waals surface area contributed by atoms with Crippen LogP contribution in [0.1, 0.15) is 0 Å². The Labute approximate surface area is 109 Å². The molecule has 0 aromatic heterocycles. The van der Waals surface area contributed by atoms with E-state index in [0.717, 1.165) is 5.69 Å². The minimum atomic E-state index is -0.260. The zero-order chi connectivity index (χ0) is 13.7. The van der Waals surface area contributed by atoms with Gasteiger partial charge in [0.2, 0.25) is 5.71 Å². The number of carbonyl (C=O) groups is 1. The van der Waals surface area contributed by atoms with Crippen molar-refractivity contribution in [1.82, 2.24) is 5.32 Å². The molecule has 2 rings (SSSR count). The van der Waals surface area contributed by atoms with Crippen LogP contribution in [-0.4, -0.2) is 24.8 Å². The first-order chi connectivity index (χ1) is 9.24. The first-order valence-electron chi connectivity index (χ1n) is 5.54. The van der Waals surface area contributed by atoms with Gasteiger partial charge in [0, 0.05) is 18.8 Å². The summed E-state index contributed by atoms with van der Waals surface area (Å²) in [4.78, 5) is 13.1. The highest BCUT2D eigenvalue weighted by Crippen LogP contribution is 2.20. The summed E-state index contributed by atoms with van der Waals surface area (Å²) in [6.45, 7) is 1.22. The predicted molar refractivity (Wildman–Crippen MR) is 69.5 cm³/mol. The van der Waals surface area contributed by atoms with Crippen LogP contribution in [0, 0.1) is 22.7 Å². The minimum absolute atomic E-state index is 0.143. The van der Waals surface area contributed by atoms with E-state index in [1.807, 2.05) is 0 Å². The zero-order valence-electron chi connectivity index (χ0n) is 9.92. The molecule has 1 heterocycles. The van der Waals surface area contributed by atoms with Crippen LogP contribution in [0.15, 0.2) is 29.4 Å². The van der Waals surface area contributed by atoms with Crippen LogP contribution in [0.5, 0.6) is 0 Å². The summed E-state index contributed by atoms with van der Waals surface area (Å²) >= 11 is 0. The number of nitriles is 2. The number of hydrogen-bond donors (Lipinski definition) is 2. The van der Waals surface area contributed by atoms with Gasteiger partial charge < -0.3 is 5.32 Å². The fourth-order valence-corrected chi connectivity index (χ4v) is 1.66. The van der Waals surface area contributed by atoms with Crippen molar-refractivity contribution >= 4 is 23.1 Å². The summed E-state index contributed by atoms with van der Waals surface area (Å²) in [7, 11) is 0. The van der Waals surface area contributed by atoms with Crippen LogP contribution >= 0.6 is 0 Å². The van der Waals surface area contributed by atoms with Crippen LogP contribution in [-0.2, 0) is 0 Å². The number of carbonyl (C=O) groups excluding carboxylic acids is 1. The molecule has 19 heavy (non-hydrogen) atoms. The Kier molecular flexibility index (Phi) is 3.60. The second kappa shape index (κ2) is 5.52. The molecule has 0 unspecified atom stereocenters. The maximum absolute atomic E-state index is 11.5. The molecule has 7 nitrogen and oxygen atoms in total. The van der Waals surface area contributed by atoms with E-state index in [1.165, 1.54) is 0 Å². The normalized spacial score (nSPS) is 13.2. The SMILES string of the molecule is N#CC(C#N)=NNc1cccc(N2CCNC2=O)c1. The molecule has 1 aliphatic heterocycles. The first kappa shape index (κ1) is 12.4. The number of nitrogens with zero attached hydrogens (tertiary/aromatic N) is 4. The van der Waals surface area contributed by atoms with Crippen molar-refractivity contribution in [1.29, 1.82) is 10.5 Å². The highest BCUT2D eigenvalue weighted by atomic mass is 16.2. The van der Waals surface area contributed by atoms with E-state index in [0.29, 0.717) is 18.8 Å². The number of rotatable bonds is 3. The highest BCUT2D eigenvalue weighted by Gasteiger charge is 2.20. The Hall–Kier alpha value is -3.06. The molecule has 0 saturated carbocycles. The largest absolute Gasteiger partial charge is 0.336 e. The Morgan fingerprint density at radius 3 is 2.84 bits per heavy atom. The van der Waals surface area contributed by atoms with Gasteiger partial charge in [-0.1, -0.05) is 6.07 Å². The van der Waals surface area contributed by atoms with E-state index in [9.17, 15) is 4.79 Å². The first-order valence-corrected chi connectivity index (χ1v) is 5.54. The monoisotopic (exact) mass is 254 g/mol. The number of hydrazone groups is 1. The molecule has 94 valence electrons. The quantitative estimate of drug-likeness (QED) is 0.620. The van der Waals surface area contributed by atoms with Crippen LogP contribution in [0.25, 0.3) is 0 Å². The number of urea groups is 1. The van der Waals surface area contributed by atoms with E-state index in [4.69, 9.17) is 10.5 Å². The lowest BCUT2D eigenvalue weighted by molar-refractivity contribution is 0.252. The molecule has 1 aromatic rings. The van der Waals surface area contributed by atoms with Crippen LogP contribution in [0.4, 0.5) is 16.2 Å². The summed E-state index contributed by atoms with van der Waals surface area (Å²) in [6, 6.07) is 10.2. The molecular formula is C12H10N6O. The van der Waals surface area contributed by atoms with Gasteiger partial charge in [-0.2, -0.15) is 15.6 Å². The van der Waals surface area contributed by atoms with Gasteiger partial charge in [-0.25, -0.2) is 4.79 Å². The van der Waals surface area contributed by atoms with Crippen molar-refractivity contribution in [3.63, 3.8) is 0 Å². The Bertz CT molecular complexity index is 593. The molecule has 0 spiro atoms. The Morgan fingerprint density at radius 1 is 1.42 bits per heavy atom. The molecule has 1 aliphatic rings. The van der Waals surface area contributed by atoms with Gasteiger partial charge >= 0.3 is 6.03 Å². The van der Waals surface area contributed by atoms with Gasteiger partial charge in [-0.15, -0.1) is 0 Å². The summed E-state index contributed by atoms with van der Waals surface area (Å²) < 4.78 is 0. The molecule has 1 aromatic carbocycles. The van der Waals surface area contributed by atoms with Gasteiger partial charge in [0.1, 0.15) is 12.1 Å². The molecule has 1 saturated heterocycles. The van der Waals surface area contributed by atoms with Crippen molar-refractivity contribution in [2.75, 3.05) is 23.4 Å². The number of amides is 2. The van der Waals surface area contributed by atoms with Crippen molar-refractivity contribution in [3.8, 4) is 12.1 Å². The second-order valence-corrected chi connectivity index (χ2v) is 3.73. The van der Waals surface area contributed by atoms with Crippen molar-refractivity contribution in [3.05, 3.63) is 24.3 Å². The van der Waals surface area contributed by atoms with E-state index < -0.39 is 0 Å². The number of nitrogens with one attached hydrogen (secondary N) is 2. The van der Waals surface area contributed by atoms with Crippen LogP contribution < -0.4 is 15.6 Å². The standard InChI is InChI=1S/C12H10N6O/c13-7-10(8-14)17-16-9-2-1-3-11(6-9)18-5-4-15-12(18)19/h1-3,6,16H,4-5H2,(H,15,19). The minimum Gasteiger partial charge on any atom is -0.336 e. The molecule has 1 fully saturated rings. The van der Waals surface area contributed by atoms with Gasteiger partial charge in [-0.3, -0.25) is 10.3 Å². The average molecular weight is 254 g/mol. The summed E-state index contributed by atoms with van der Waals surface area (Å²) in [5.74, 6) is 0. The van der Waals surface area contributed by atoms with Gasteiger partial charge in [-0.05, 0) is 18.2 Å². The van der Waals surface area contributed by atoms with Crippen molar-refractivity contribution < 1.29 is 4.79 Å². The fraction of sp³-hybridized carbons (Fsp3) is 0.167. The van der Waals surface area contributed by atoms with Gasteiger partial charge in [0.15, 0.2) is 0 Å². The molecule has 0 radical (unpaired) electrons. The maximum atomic E-state index is 11.5. The Balaban J connectivity index is 2.17. The summed E-state index contributed by atoms with van der Waals surface area (Å²) in [6.07, 6.45) is 0. The molecule has 2 N–H and O–H groups in total. The average Bonchev–Trinajstić information content (AvgIpc) is 2.86. The molecule has 2 amide bonds. The maximum Gasteiger partial charge on any atom is 0.321 e. The fourth-order valence-electron chi connectivity index (χ4n) is 1.66. The van der Waals surface area contributed by atoms with E-state index >= 15 is 0 Å². The second-order valence-electron chi connectivity index (χ2n) is 3.73. The molecule has 7 heteroatoms. The number of anilines is 2. The van der Waals surface area contributed by atoms with Gasteiger partial charge in [0.25, 0.3) is 0 Å². The van der Waals surface area contributed by atoms with Crippen molar-refractivity contribution in [2.45, 2.75) is 0 Å². The molecule has 0 bridgehead atoms. The molecular weight excluding hydrogens is 244 g/mol. The van der Waals surface area contributed by atoms with E-state index in [-0.39, 0.29) is 11.7 Å². The zero-order valence-corrected chi connectivity index (χ0v) is 9.92. The smallest absolute Gasteiger partial charge is 0.321 e. The summed E-state index contributed by atoms with van der Waals surface area (Å²) in [5, 5.41) is 23.5. The van der Waals surface area contributed by atoms with E-state index in [2.05, 4.69) is 15.8 Å². The lowest BCUT2D eigenvalue weighted by Crippen LogP contribution is -2.27. The predicted octanol–water partition coefficient (Wildman–Crippen LogP) is 1.03. The highest BCUT2D eigenvalue weighted by molar-refractivity contribution is 6.10. The third-order valence-corrected chi connectivity index (χ3v) is 2.52. The third-order valence-electron chi connectivity index (χ3n) is 2.52. The number of benzene rings is 1. The molecule has 0 aliphatic carbocycles. The lowest BCUT2D eigenvalue weighted by Gasteiger charge is -2.14. The number of hydrogen-bond acceptors (Lipinski definition) is 5. The van der Waals surface area contributed by atoms with E-state index in [1.54, 1.807) is 41.3 Å². The Morgan fingerprint density at radius 2 is 2.21 bits per heavy atom. The third kappa shape index (κ3) is 2.79. The molecule has 0 atom stereocenters. The van der Waals surface area contributed by atoms with Crippen LogP contribution in [0.2, 0.25) is 0 Å². The lowest BCUT2D eigenvalue weighted by atomic mass is 10.2. The topological polar surface area (TPSA) is 104 Å². The van der Waals surface area contributed by atoms with Crippen LogP contribution in [0.3, 0.4) is 0 Å². The summed E-state index contributed by atoms with van der Waals surface area (Å²) in [5.41, 5.74) is 3.67.